The third kappa shape index (κ3) is 2.79. The van der Waals surface area contributed by atoms with Crippen molar-refractivity contribution in [1.82, 2.24) is 0 Å². The Morgan fingerprint density at radius 2 is 2.04 bits per heavy atom. The minimum atomic E-state index is -0.693. The van der Waals surface area contributed by atoms with Crippen LogP contribution < -0.4 is 5.73 Å². The first-order chi connectivity index (χ1) is 11.5. The second-order valence-corrected chi connectivity index (χ2v) is 5.70. The molecule has 0 unspecified atom stereocenters. The lowest BCUT2D eigenvalue weighted by atomic mass is 9.77. The number of carbonyl (C=O) groups is 2. The molecule has 0 saturated carbocycles. The lowest BCUT2D eigenvalue weighted by molar-refractivity contribution is -0.139. The quantitative estimate of drug-likeness (QED) is 0.862. The third-order valence-corrected chi connectivity index (χ3v) is 4.18. The second-order valence-electron chi connectivity index (χ2n) is 5.70. The molecule has 1 heterocycles. The molecule has 5 nitrogen and oxygen atoms in total. The van der Waals surface area contributed by atoms with E-state index in [1.54, 1.807) is 19.1 Å². The van der Waals surface area contributed by atoms with Gasteiger partial charge in [0.05, 0.1) is 12.5 Å². The van der Waals surface area contributed by atoms with E-state index in [9.17, 15) is 14.0 Å². The van der Waals surface area contributed by atoms with Crippen LogP contribution >= 0.6 is 0 Å². The van der Waals surface area contributed by atoms with Crippen molar-refractivity contribution in [1.29, 1.82) is 0 Å². The number of rotatable bonds is 3. The Kier molecular flexibility index (Phi) is 4.38. The number of halogens is 1. The summed E-state index contributed by atoms with van der Waals surface area (Å²) in [6.07, 6.45) is 1.64. The van der Waals surface area contributed by atoms with E-state index >= 15 is 0 Å². The van der Waals surface area contributed by atoms with Gasteiger partial charge in [0.1, 0.15) is 17.1 Å². The average molecular weight is 331 g/mol. The van der Waals surface area contributed by atoms with E-state index in [2.05, 4.69) is 0 Å². The van der Waals surface area contributed by atoms with Crippen molar-refractivity contribution in [3.05, 3.63) is 58.4 Å². The minimum absolute atomic E-state index is 0.0591. The van der Waals surface area contributed by atoms with E-state index in [1.807, 2.05) is 0 Å². The number of hydrogen-bond acceptors (Lipinski definition) is 5. The molecule has 0 bridgehead atoms. The molecule has 1 aromatic rings. The molecule has 1 atom stereocenters. The van der Waals surface area contributed by atoms with Crippen LogP contribution in [0, 0.1) is 5.82 Å². The zero-order valence-electron chi connectivity index (χ0n) is 13.3. The Hall–Kier alpha value is -2.63. The van der Waals surface area contributed by atoms with E-state index in [1.165, 1.54) is 12.1 Å². The lowest BCUT2D eigenvalue weighted by Gasteiger charge is -2.32. The Balaban J connectivity index is 2.15. The van der Waals surface area contributed by atoms with Crippen LogP contribution in [0.15, 0.2) is 47.1 Å². The standard InChI is InChI=1S/C18H18FNO4/c1-2-23-18(22)16-14(10-6-8-11(19)9-7-10)15-12(21)4-3-5-13(15)24-17(16)20/h6-9,14H,2-5,20H2,1H3/t14-/m0/s1. The summed E-state index contributed by atoms with van der Waals surface area (Å²) in [6.45, 7) is 1.85. The van der Waals surface area contributed by atoms with Gasteiger partial charge in [0, 0.05) is 18.4 Å². The Morgan fingerprint density at radius 1 is 1.33 bits per heavy atom. The van der Waals surface area contributed by atoms with Crippen molar-refractivity contribution in [2.24, 2.45) is 5.73 Å². The summed E-state index contributed by atoms with van der Waals surface area (Å²) in [7, 11) is 0. The maximum atomic E-state index is 13.3. The van der Waals surface area contributed by atoms with Crippen LogP contribution in [0.4, 0.5) is 4.39 Å². The van der Waals surface area contributed by atoms with E-state index in [-0.39, 0.29) is 23.8 Å². The molecule has 6 heteroatoms. The molecule has 0 fully saturated rings. The largest absolute Gasteiger partial charge is 0.462 e. The molecule has 3 rings (SSSR count). The molecule has 0 radical (unpaired) electrons. The number of ketones is 1. The number of hydrogen-bond donors (Lipinski definition) is 1. The summed E-state index contributed by atoms with van der Waals surface area (Å²) in [5, 5.41) is 0. The molecule has 1 aliphatic heterocycles. The van der Waals surface area contributed by atoms with Crippen molar-refractivity contribution in [2.75, 3.05) is 6.61 Å². The molecular formula is C18H18FNO4. The highest BCUT2D eigenvalue weighted by Gasteiger charge is 2.41. The van der Waals surface area contributed by atoms with Crippen molar-refractivity contribution < 1.29 is 23.5 Å². The Labute approximate surface area is 138 Å². The lowest BCUT2D eigenvalue weighted by Crippen LogP contribution is -2.31. The van der Waals surface area contributed by atoms with E-state index in [4.69, 9.17) is 15.2 Å². The summed E-state index contributed by atoms with van der Waals surface area (Å²) in [5.74, 6) is -1.37. The minimum Gasteiger partial charge on any atom is -0.462 e. The molecule has 2 aliphatic rings. The maximum Gasteiger partial charge on any atom is 0.340 e. The molecule has 0 aromatic heterocycles. The van der Waals surface area contributed by atoms with Crippen LogP contribution in [0.1, 0.15) is 37.7 Å². The first kappa shape index (κ1) is 16.2. The fourth-order valence-electron chi connectivity index (χ4n) is 3.15. The van der Waals surface area contributed by atoms with Crippen LogP contribution in [0.5, 0.6) is 0 Å². The number of allylic oxidation sites excluding steroid dienone is 2. The molecule has 1 aliphatic carbocycles. The fraction of sp³-hybridized carbons (Fsp3) is 0.333. The molecule has 126 valence electrons. The van der Waals surface area contributed by atoms with Crippen molar-refractivity contribution >= 4 is 11.8 Å². The Bertz CT molecular complexity index is 749. The topological polar surface area (TPSA) is 78.6 Å². The number of Topliss-reactive ketones (excluding diaryl/α,β-unsaturated/α-hetero) is 1. The number of esters is 1. The molecule has 0 saturated heterocycles. The summed E-state index contributed by atoms with van der Waals surface area (Å²) < 4.78 is 23.9. The third-order valence-electron chi connectivity index (χ3n) is 4.18. The van der Waals surface area contributed by atoms with Gasteiger partial charge < -0.3 is 15.2 Å². The van der Waals surface area contributed by atoms with Crippen molar-refractivity contribution in [3.63, 3.8) is 0 Å². The highest BCUT2D eigenvalue weighted by Crippen LogP contribution is 2.43. The molecule has 0 spiro atoms. The summed E-state index contributed by atoms with van der Waals surface area (Å²) in [4.78, 5) is 24.9. The average Bonchev–Trinajstić information content (AvgIpc) is 2.55. The molecule has 24 heavy (non-hydrogen) atoms. The van der Waals surface area contributed by atoms with Crippen molar-refractivity contribution in [2.45, 2.75) is 32.1 Å². The number of carbonyl (C=O) groups excluding carboxylic acids is 2. The van der Waals surface area contributed by atoms with Crippen LogP contribution in [0.3, 0.4) is 0 Å². The van der Waals surface area contributed by atoms with Gasteiger partial charge in [-0.1, -0.05) is 12.1 Å². The van der Waals surface area contributed by atoms with Crippen molar-refractivity contribution in [3.8, 4) is 0 Å². The molecular weight excluding hydrogens is 313 g/mol. The van der Waals surface area contributed by atoms with Gasteiger partial charge in [-0.05, 0) is 31.0 Å². The van der Waals surface area contributed by atoms with Gasteiger partial charge in [0.2, 0.25) is 5.88 Å². The van der Waals surface area contributed by atoms with Gasteiger partial charge in [0.25, 0.3) is 0 Å². The maximum absolute atomic E-state index is 13.3. The fourth-order valence-corrected chi connectivity index (χ4v) is 3.15. The first-order valence-corrected chi connectivity index (χ1v) is 7.89. The van der Waals surface area contributed by atoms with E-state index in [0.717, 1.165) is 0 Å². The summed E-state index contributed by atoms with van der Waals surface area (Å²) in [5.41, 5.74) is 7.08. The SMILES string of the molecule is CCOC(=O)C1=C(N)OC2=C(C(=O)CCC2)[C@@H]1c1ccc(F)cc1. The number of ether oxygens (including phenoxy) is 2. The summed E-state index contributed by atoms with van der Waals surface area (Å²) >= 11 is 0. The number of nitrogens with two attached hydrogens (primary N) is 1. The number of benzene rings is 1. The highest BCUT2D eigenvalue weighted by atomic mass is 19.1. The van der Waals surface area contributed by atoms with Gasteiger partial charge in [-0.25, -0.2) is 9.18 Å². The first-order valence-electron chi connectivity index (χ1n) is 7.89. The normalized spacial score (nSPS) is 20.6. The van der Waals surface area contributed by atoms with Gasteiger partial charge in [0.15, 0.2) is 5.78 Å². The predicted octanol–water partition coefficient (Wildman–Crippen LogP) is 2.68. The van der Waals surface area contributed by atoms with Gasteiger partial charge in [-0.15, -0.1) is 0 Å². The van der Waals surface area contributed by atoms with Gasteiger partial charge >= 0.3 is 5.97 Å². The van der Waals surface area contributed by atoms with Crippen LogP contribution in [0.25, 0.3) is 0 Å². The molecule has 1 aromatic carbocycles. The predicted molar refractivity (Wildman–Crippen MR) is 84.0 cm³/mol. The Morgan fingerprint density at radius 3 is 2.71 bits per heavy atom. The van der Waals surface area contributed by atoms with Gasteiger partial charge in [-0.2, -0.15) is 0 Å². The zero-order valence-corrected chi connectivity index (χ0v) is 13.3. The highest BCUT2D eigenvalue weighted by molar-refractivity contribution is 6.03. The van der Waals surface area contributed by atoms with E-state index < -0.39 is 17.7 Å². The zero-order chi connectivity index (χ0) is 17.3. The van der Waals surface area contributed by atoms with Gasteiger partial charge in [-0.3, -0.25) is 4.79 Å². The van der Waals surface area contributed by atoms with Crippen LogP contribution in [-0.4, -0.2) is 18.4 Å². The monoisotopic (exact) mass is 331 g/mol. The smallest absolute Gasteiger partial charge is 0.340 e. The molecule has 0 amide bonds. The summed E-state index contributed by atoms with van der Waals surface area (Å²) in [6, 6.07) is 5.67. The van der Waals surface area contributed by atoms with E-state index in [0.29, 0.717) is 36.2 Å². The van der Waals surface area contributed by atoms with Crippen LogP contribution in [0.2, 0.25) is 0 Å². The second kappa shape index (κ2) is 6.47. The van der Waals surface area contributed by atoms with Crippen LogP contribution in [-0.2, 0) is 19.1 Å². The molecule has 2 N–H and O–H groups in total.